The second-order valence-electron chi connectivity index (χ2n) is 11.8. The van der Waals surface area contributed by atoms with E-state index in [1.807, 2.05) is 24.3 Å². The van der Waals surface area contributed by atoms with Crippen molar-refractivity contribution in [2.45, 2.75) is 123 Å². The van der Waals surface area contributed by atoms with Crippen LogP contribution in [0.4, 0.5) is 0 Å². The lowest BCUT2D eigenvalue weighted by molar-refractivity contribution is -0.268. The van der Waals surface area contributed by atoms with E-state index in [2.05, 4.69) is 45.9 Å². The molecular formula is C37H58O7. The van der Waals surface area contributed by atoms with E-state index in [1.54, 1.807) is 7.11 Å². The molecule has 2 aromatic rings. The molecule has 1 N–H and O–H groups in total. The van der Waals surface area contributed by atoms with Gasteiger partial charge in [0.2, 0.25) is 0 Å². The Kier molecular flexibility index (Phi) is 17.3. The number of aliphatic hydroxyl groups excluding tert-OH is 1. The number of rotatable bonds is 22. The predicted molar refractivity (Wildman–Crippen MR) is 175 cm³/mol. The number of methoxy groups -OCH3 is 1. The average Bonchev–Trinajstić information content (AvgIpc) is 3.05. The highest BCUT2D eigenvalue weighted by Crippen LogP contribution is 2.40. The van der Waals surface area contributed by atoms with Crippen molar-refractivity contribution in [1.82, 2.24) is 0 Å². The summed E-state index contributed by atoms with van der Waals surface area (Å²) in [5.41, 5.74) is 3.96. The summed E-state index contributed by atoms with van der Waals surface area (Å²) in [5, 5.41) is 10.5. The molecule has 0 amide bonds. The molecule has 0 bridgehead atoms. The summed E-state index contributed by atoms with van der Waals surface area (Å²) >= 11 is 0. The summed E-state index contributed by atoms with van der Waals surface area (Å²) in [7, 11) is 1.70. The Balaban J connectivity index is 2.05. The predicted octanol–water partition coefficient (Wildman–Crippen LogP) is 7.59. The second kappa shape index (κ2) is 20.9. The lowest BCUT2D eigenvalue weighted by Crippen LogP contribution is -2.58. The summed E-state index contributed by atoms with van der Waals surface area (Å²) in [4.78, 5) is 0. The van der Waals surface area contributed by atoms with Gasteiger partial charge in [-0.1, -0.05) is 89.8 Å². The van der Waals surface area contributed by atoms with E-state index in [-0.39, 0.29) is 24.9 Å². The summed E-state index contributed by atoms with van der Waals surface area (Å²) in [5.74, 6) is 0.857. The number of unbranched alkanes of at least 4 members (excludes halogenated alkanes) is 4. The van der Waals surface area contributed by atoms with Gasteiger partial charge in [-0.2, -0.15) is 0 Å². The van der Waals surface area contributed by atoms with Gasteiger partial charge in [0.15, 0.2) is 0 Å². The molecule has 248 valence electrons. The van der Waals surface area contributed by atoms with E-state index < -0.39 is 12.2 Å². The fourth-order valence-electron chi connectivity index (χ4n) is 5.64. The Morgan fingerprint density at radius 2 is 1.32 bits per heavy atom. The zero-order valence-corrected chi connectivity index (χ0v) is 27.9. The van der Waals surface area contributed by atoms with Gasteiger partial charge < -0.3 is 33.5 Å². The van der Waals surface area contributed by atoms with Gasteiger partial charge in [0.1, 0.15) is 36.3 Å². The Hall–Kier alpha value is -2.00. The highest BCUT2D eigenvalue weighted by molar-refractivity contribution is 5.41. The molecule has 7 nitrogen and oxygen atoms in total. The third-order valence-corrected chi connectivity index (χ3v) is 8.26. The van der Waals surface area contributed by atoms with Crippen LogP contribution in [0.5, 0.6) is 5.75 Å². The van der Waals surface area contributed by atoms with Gasteiger partial charge in [-0.25, -0.2) is 0 Å². The maximum absolute atomic E-state index is 10.5. The average molecular weight is 615 g/mol. The van der Waals surface area contributed by atoms with E-state index in [0.717, 1.165) is 79.4 Å². The molecular weight excluding hydrogens is 556 g/mol. The second-order valence-corrected chi connectivity index (χ2v) is 11.8. The first kappa shape index (κ1) is 36.5. The molecule has 44 heavy (non-hydrogen) atoms. The number of benzene rings is 2. The van der Waals surface area contributed by atoms with Crippen molar-refractivity contribution in [2.24, 2.45) is 0 Å². The first-order valence-corrected chi connectivity index (χ1v) is 17.0. The molecule has 1 aliphatic heterocycles. The quantitative estimate of drug-likeness (QED) is 0.137. The highest BCUT2D eigenvalue weighted by Gasteiger charge is 2.49. The SMILES string of the molecule is CCCCOC[C@H]1O[C@@H](c2cc(Cc3ccccc3OC)ccc2CO)[C@H](OCCCC)[C@@H](OCCCC)[C@@H]1OCCCC. The van der Waals surface area contributed by atoms with Crippen molar-refractivity contribution >= 4 is 0 Å². The Labute approximate surface area is 266 Å². The molecule has 1 fully saturated rings. The van der Waals surface area contributed by atoms with Crippen molar-refractivity contribution in [3.63, 3.8) is 0 Å². The molecule has 0 saturated carbocycles. The van der Waals surface area contributed by atoms with Crippen LogP contribution in [-0.4, -0.2) is 69.7 Å². The lowest BCUT2D eigenvalue weighted by atomic mass is 9.87. The summed E-state index contributed by atoms with van der Waals surface area (Å²) in [6.45, 7) is 11.5. The monoisotopic (exact) mass is 614 g/mol. The Bertz CT molecular complexity index is 1040. The molecule has 3 rings (SSSR count). The third-order valence-electron chi connectivity index (χ3n) is 8.26. The number of hydrogen-bond acceptors (Lipinski definition) is 7. The molecule has 2 aromatic carbocycles. The normalized spacial score (nSPS) is 21.9. The summed E-state index contributed by atoms with van der Waals surface area (Å²) < 4.78 is 38.7. The molecule has 1 heterocycles. The standard InChI is InChI=1S/C37H58O7/c1-6-10-20-40-27-33-35(41-21-11-7-2)37(43-23-13-9-4)36(42-22-12-8-3)34(44-33)31-25-28(18-19-30(31)26-38)24-29-16-14-15-17-32(29)39-5/h14-19,25,33-38H,6-13,20-24,26-27H2,1-5H3/t33-,34+,35-,36+,37+/m1/s1. The summed E-state index contributed by atoms with van der Waals surface area (Å²) in [6.07, 6.45) is 6.89. The van der Waals surface area contributed by atoms with Crippen LogP contribution in [0.25, 0.3) is 0 Å². The first-order chi connectivity index (χ1) is 21.6. The molecule has 0 radical (unpaired) electrons. The van der Waals surface area contributed by atoms with Gasteiger partial charge in [0, 0.05) is 32.8 Å². The van der Waals surface area contributed by atoms with Gasteiger partial charge in [-0.05, 0) is 54.0 Å². The topological polar surface area (TPSA) is 75.6 Å². The van der Waals surface area contributed by atoms with Crippen LogP contribution in [0, 0.1) is 0 Å². The van der Waals surface area contributed by atoms with Crippen molar-refractivity contribution < 1.29 is 33.5 Å². The largest absolute Gasteiger partial charge is 0.496 e. The molecule has 0 spiro atoms. The minimum atomic E-state index is -0.455. The van der Waals surface area contributed by atoms with E-state index >= 15 is 0 Å². The Morgan fingerprint density at radius 3 is 1.95 bits per heavy atom. The third kappa shape index (κ3) is 10.8. The molecule has 1 saturated heterocycles. The molecule has 1 aliphatic rings. The minimum Gasteiger partial charge on any atom is -0.496 e. The van der Waals surface area contributed by atoms with Crippen molar-refractivity contribution in [3.05, 3.63) is 64.7 Å². The van der Waals surface area contributed by atoms with Crippen molar-refractivity contribution in [1.29, 1.82) is 0 Å². The molecule has 0 aromatic heterocycles. The van der Waals surface area contributed by atoms with Gasteiger partial charge >= 0.3 is 0 Å². The summed E-state index contributed by atoms with van der Waals surface area (Å²) in [6, 6.07) is 14.3. The van der Waals surface area contributed by atoms with E-state index in [0.29, 0.717) is 39.5 Å². The Morgan fingerprint density at radius 1 is 0.705 bits per heavy atom. The van der Waals surface area contributed by atoms with Crippen molar-refractivity contribution in [2.75, 3.05) is 40.1 Å². The smallest absolute Gasteiger partial charge is 0.122 e. The lowest BCUT2D eigenvalue weighted by Gasteiger charge is -2.47. The maximum atomic E-state index is 10.5. The van der Waals surface area contributed by atoms with Gasteiger partial charge in [0.25, 0.3) is 0 Å². The number of hydrogen-bond donors (Lipinski definition) is 1. The van der Waals surface area contributed by atoms with Crippen LogP contribution in [0.2, 0.25) is 0 Å². The van der Waals surface area contributed by atoms with Crippen LogP contribution >= 0.6 is 0 Å². The fraction of sp³-hybridized carbons (Fsp3) is 0.676. The number of para-hydroxylation sites is 1. The first-order valence-electron chi connectivity index (χ1n) is 17.0. The van der Waals surface area contributed by atoms with Crippen LogP contribution in [0.3, 0.4) is 0 Å². The maximum Gasteiger partial charge on any atom is 0.122 e. The molecule has 0 unspecified atom stereocenters. The molecule has 0 aliphatic carbocycles. The number of aliphatic hydroxyl groups is 1. The van der Waals surface area contributed by atoms with Crippen LogP contribution in [-0.2, 0) is 36.7 Å². The van der Waals surface area contributed by atoms with Crippen LogP contribution < -0.4 is 4.74 Å². The fourth-order valence-corrected chi connectivity index (χ4v) is 5.64. The van der Waals surface area contributed by atoms with Gasteiger partial charge in [0.05, 0.1) is 20.3 Å². The minimum absolute atomic E-state index is 0.0960. The van der Waals surface area contributed by atoms with Gasteiger partial charge in [-0.15, -0.1) is 0 Å². The zero-order valence-electron chi connectivity index (χ0n) is 27.9. The van der Waals surface area contributed by atoms with E-state index in [4.69, 9.17) is 28.4 Å². The molecule has 5 atom stereocenters. The van der Waals surface area contributed by atoms with E-state index in [9.17, 15) is 5.11 Å². The van der Waals surface area contributed by atoms with Crippen molar-refractivity contribution in [3.8, 4) is 5.75 Å². The van der Waals surface area contributed by atoms with Crippen LogP contribution in [0.1, 0.15) is 107 Å². The van der Waals surface area contributed by atoms with E-state index in [1.165, 1.54) is 0 Å². The number of ether oxygens (including phenoxy) is 6. The highest BCUT2D eigenvalue weighted by atomic mass is 16.6. The van der Waals surface area contributed by atoms with Gasteiger partial charge in [-0.3, -0.25) is 0 Å². The molecule has 7 heteroatoms. The zero-order chi connectivity index (χ0) is 31.6. The van der Waals surface area contributed by atoms with Crippen LogP contribution in [0.15, 0.2) is 42.5 Å².